The number of nitrogens with zero attached hydrogens (tertiary/aromatic N) is 4. The number of aromatic nitrogens is 2. The molecule has 0 saturated heterocycles. The monoisotopic (exact) mass is 521 g/mol. The standard InChI is InChI=1S/C21H24IN5O3/c1-21(2)12-26(15-5-3-4-6-15)17-16(27(22)19(21)30)11-23-20(25-17)24-14-9-7-13(8-10-14)18(28)29/h7-11,15H,3-6,12H2,1-2H3,(H,28,29)(H,23,24,25). The Balaban J connectivity index is 1.70. The molecule has 0 atom stereocenters. The second-order valence-corrected chi connectivity index (χ2v) is 9.41. The molecular formula is C21H24IN5O3. The number of hydrogen-bond donors (Lipinski definition) is 2. The predicted molar refractivity (Wildman–Crippen MR) is 124 cm³/mol. The Morgan fingerprint density at radius 1 is 1.23 bits per heavy atom. The van der Waals surface area contributed by atoms with E-state index in [0.717, 1.165) is 18.7 Å². The van der Waals surface area contributed by atoms with Crippen LogP contribution in [0.4, 0.5) is 23.1 Å². The smallest absolute Gasteiger partial charge is 0.335 e. The van der Waals surface area contributed by atoms with E-state index in [2.05, 4.69) is 15.2 Å². The van der Waals surface area contributed by atoms with Crippen LogP contribution >= 0.6 is 22.9 Å². The first-order valence-electron chi connectivity index (χ1n) is 10.0. The van der Waals surface area contributed by atoms with Crippen LogP contribution in [0, 0.1) is 5.41 Å². The first-order valence-corrected chi connectivity index (χ1v) is 11.0. The molecule has 0 unspecified atom stereocenters. The lowest BCUT2D eigenvalue weighted by Crippen LogP contribution is -2.44. The van der Waals surface area contributed by atoms with E-state index >= 15 is 0 Å². The lowest BCUT2D eigenvalue weighted by molar-refractivity contribution is -0.124. The minimum Gasteiger partial charge on any atom is -0.478 e. The lowest BCUT2D eigenvalue weighted by atomic mass is 9.91. The number of rotatable bonds is 4. The minimum absolute atomic E-state index is 0.0402. The molecular weight excluding hydrogens is 497 g/mol. The number of fused-ring (bicyclic) bond motifs is 1. The van der Waals surface area contributed by atoms with Crippen LogP contribution in [0.1, 0.15) is 49.9 Å². The number of anilines is 4. The number of halogens is 1. The van der Waals surface area contributed by atoms with Crippen molar-refractivity contribution in [2.75, 3.05) is 19.9 Å². The molecule has 9 heteroatoms. The van der Waals surface area contributed by atoms with Crippen LogP contribution in [-0.4, -0.2) is 39.5 Å². The van der Waals surface area contributed by atoms with E-state index in [1.54, 1.807) is 21.4 Å². The van der Waals surface area contributed by atoms with Crippen molar-refractivity contribution < 1.29 is 14.7 Å². The van der Waals surface area contributed by atoms with Crippen LogP contribution < -0.4 is 13.3 Å². The molecule has 158 valence electrons. The van der Waals surface area contributed by atoms with Crippen LogP contribution in [0.25, 0.3) is 0 Å². The van der Waals surface area contributed by atoms with Crippen molar-refractivity contribution in [2.24, 2.45) is 5.41 Å². The molecule has 30 heavy (non-hydrogen) atoms. The van der Waals surface area contributed by atoms with Gasteiger partial charge < -0.3 is 15.3 Å². The molecule has 0 radical (unpaired) electrons. The van der Waals surface area contributed by atoms with Gasteiger partial charge >= 0.3 is 5.97 Å². The van der Waals surface area contributed by atoms with Crippen molar-refractivity contribution in [2.45, 2.75) is 45.6 Å². The van der Waals surface area contributed by atoms with Crippen LogP contribution in [0.15, 0.2) is 30.5 Å². The zero-order chi connectivity index (χ0) is 21.5. The first-order chi connectivity index (χ1) is 14.3. The van der Waals surface area contributed by atoms with Gasteiger partial charge in [0.2, 0.25) is 11.9 Å². The summed E-state index contributed by atoms with van der Waals surface area (Å²) >= 11 is 2.04. The highest BCUT2D eigenvalue weighted by atomic mass is 127. The van der Waals surface area contributed by atoms with Gasteiger partial charge in [-0.2, -0.15) is 4.98 Å². The molecule has 8 nitrogen and oxygen atoms in total. The van der Waals surface area contributed by atoms with Gasteiger partial charge in [0.05, 0.1) is 40.0 Å². The summed E-state index contributed by atoms with van der Waals surface area (Å²) in [5.41, 5.74) is 1.08. The van der Waals surface area contributed by atoms with Crippen molar-refractivity contribution in [3.63, 3.8) is 0 Å². The largest absolute Gasteiger partial charge is 0.478 e. The van der Waals surface area contributed by atoms with Crippen molar-refractivity contribution >= 4 is 57.9 Å². The Labute approximate surface area is 189 Å². The number of benzene rings is 1. The summed E-state index contributed by atoms with van der Waals surface area (Å²) in [7, 11) is 0. The minimum atomic E-state index is -0.968. The zero-order valence-corrected chi connectivity index (χ0v) is 19.1. The van der Waals surface area contributed by atoms with Gasteiger partial charge in [0, 0.05) is 18.3 Å². The molecule has 1 aliphatic carbocycles. The third-order valence-corrected chi connectivity index (χ3v) is 6.67. The maximum Gasteiger partial charge on any atom is 0.335 e. The molecule has 4 rings (SSSR count). The van der Waals surface area contributed by atoms with E-state index in [4.69, 9.17) is 10.1 Å². The number of nitrogens with one attached hydrogen (secondary N) is 1. The molecule has 2 heterocycles. The van der Waals surface area contributed by atoms with E-state index < -0.39 is 11.4 Å². The third kappa shape index (κ3) is 3.94. The fourth-order valence-corrected chi connectivity index (χ4v) is 5.06. The fourth-order valence-electron chi connectivity index (χ4n) is 4.06. The number of carbonyl (C=O) groups excluding carboxylic acids is 1. The Morgan fingerprint density at radius 2 is 1.90 bits per heavy atom. The Kier molecular flexibility index (Phi) is 5.56. The second kappa shape index (κ2) is 8.01. The van der Waals surface area contributed by atoms with Crippen molar-refractivity contribution in [1.82, 2.24) is 9.97 Å². The summed E-state index contributed by atoms with van der Waals surface area (Å²) in [5.74, 6) is 0.245. The maximum absolute atomic E-state index is 13.0. The summed E-state index contributed by atoms with van der Waals surface area (Å²) in [5, 5.41) is 12.2. The van der Waals surface area contributed by atoms with Gasteiger partial charge in [-0.15, -0.1) is 0 Å². The summed E-state index contributed by atoms with van der Waals surface area (Å²) in [4.78, 5) is 35.6. The molecule has 1 amide bonds. The summed E-state index contributed by atoms with van der Waals surface area (Å²) in [6.07, 6.45) is 6.24. The zero-order valence-electron chi connectivity index (χ0n) is 16.9. The first kappa shape index (κ1) is 20.8. The Morgan fingerprint density at radius 3 is 2.53 bits per heavy atom. The van der Waals surface area contributed by atoms with E-state index in [9.17, 15) is 9.59 Å². The number of carboxylic acids is 1. The van der Waals surface area contributed by atoms with Gasteiger partial charge in [-0.3, -0.25) is 4.79 Å². The van der Waals surface area contributed by atoms with Gasteiger partial charge in [0.1, 0.15) is 5.69 Å². The average Bonchev–Trinajstić information content (AvgIpc) is 3.24. The highest BCUT2D eigenvalue weighted by molar-refractivity contribution is 14.1. The molecule has 1 aromatic carbocycles. The van der Waals surface area contributed by atoms with Gasteiger partial charge in [-0.25, -0.2) is 12.9 Å². The van der Waals surface area contributed by atoms with Crippen LogP contribution in [0.5, 0.6) is 0 Å². The SMILES string of the molecule is CC1(C)CN(C2CCCC2)c2nc(Nc3ccc(C(=O)O)cc3)ncc2N(I)C1=O. The van der Waals surface area contributed by atoms with E-state index in [0.29, 0.717) is 29.9 Å². The van der Waals surface area contributed by atoms with E-state index in [-0.39, 0.29) is 11.5 Å². The van der Waals surface area contributed by atoms with Crippen molar-refractivity contribution in [3.05, 3.63) is 36.0 Å². The number of hydrogen-bond acceptors (Lipinski definition) is 6. The number of carbonyl (C=O) groups is 2. The lowest BCUT2D eigenvalue weighted by Gasteiger charge is -2.34. The maximum atomic E-state index is 13.0. The normalized spacial score (nSPS) is 18.8. The fraction of sp³-hybridized carbons (Fsp3) is 0.429. The third-order valence-electron chi connectivity index (χ3n) is 5.71. The van der Waals surface area contributed by atoms with Crippen molar-refractivity contribution in [3.8, 4) is 0 Å². The van der Waals surface area contributed by atoms with E-state index in [1.807, 2.05) is 36.7 Å². The average molecular weight is 521 g/mol. The molecule has 2 N–H and O–H groups in total. The highest BCUT2D eigenvalue weighted by Gasteiger charge is 2.42. The molecule has 1 aromatic heterocycles. The van der Waals surface area contributed by atoms with Crippen LogP contribution in [0.2, 0.25) is 0 Å². The van der Waals surface area contributed by atoms with Crippen molar-refractivity contribution in [1.29, 1.82) is 0 Å². The van der Waals surface area contributed by atoms with Crippen LogP contribution in [-0.2, 0) is 4.79 Å². The van der Waals surface area contributed by atoms with Gasteiger partial charge in [-0.05, 0) is 51.0 Å². The summed E-state index contributed by atoms with van der Waals surface area (Å²) in [6, 6.07) is 6.80. The molecule has 0 spiro atoms. The molecule has 0 bridgehead atoms. The number of aromatic carboxylic acids is 1. The van der Waals surface area contributed by atoms with Gasteiger partial charge in [-0.1, -0.05) is 12.8 Å². The molecule has 1 aliphatic heterocycles. The molecule has 1 saturated carbocycles. The highest BCUT2D eigenvalue weighted by Crippen LogP contribution is 2.42. The molecule has 2 aliphatic rings. The Hall–Kier alpha value is -2.43. The van der Waals surface area contributed by atoms with Gasteiger partial charge in [0.15, 0.2) is 5.82 Å². The van der Waals surface area contributed by atoms with Gasteiger partial charge in [0.25, 0.3) is 0 Å². The van der Waals surface area contributed by atoms with E-state index in [1.165, 1.54) is 25.0 Å². The summed E-state index contributed by atoms with van der Waals surface area (Å²) in [6.45, 7) is 4.56. The quantitative estimate of drug-likeness (QED) is 0.455. The number of carboxylic acid groups (broad SMARTS) is 1. The Bertz CT molecular complexity index is 973. The second-order valence-electron chi connectivity index (χ2n) is 8.45. The van der Waals surface area contributed by atoms with Crippen LogP contribution in [0.3, 0.4) is 0 Å². The topological polar surface area (TPSA) is 98.7 Å². The predicted octanol–water partition coefficient (Wildman–Crippen LogP) is 4.39. The molecule has 1 fully saturated rings. The summed E-state index contributed by atoms with van der Waals surface area (Å²) < 4.78 is 1.63. The number of amides is 1. The molecule has 2 aromatic rings.